The van der Waals surface area contributed by atoms with E-state index in [1.807, 2.05) is 91.1 Å². The first-order chi connectivity index (χ1) is 13.6. The van der Waals surface area contributed by atoms with Crippen LogP contribution < -0.4 is 0 Å². The van der Waals surface area contributed by atoms with E-state index in [9.17, 15) is 9.59 Å². The lowest BCUT2D eigenvalue weighted by molar-refractivity contribution is -0.125. The third-order valence-corrected chi connectivity index (χ3v) is 4.78. The summed E-state index contributed by atoms with van der Waals surface area (Å²) >= 11 is 0. The molecular formula is C24H20N2O2. The van der Waals surface area contributed by atoms with Crippen molar-refractivity contribution in [2.75, 3.05) is 7.05 Å². The lowest BCUT2D eigenvalue weighted by Crippen LogP contribution is -2.33. The number of amides is 1. The fraction of sp³-hybridized carbons (Fsp3) is 0.0833. The number of hydrogen-bond donors (Lipinski definition) is 0. The maximum absolute atomic E-state index is 13.2. The third kappa shape index (κ3) is 3.32. The molecule has 2 aromatic heterocycles. The van der Waals surface area contributed by atoms with E-state index in [1.54, 1.807) is 11.4 Å². The van der Waals surface area contributed by atoms with Crippen LogP contribution in [0.25, 0.3) is 16.6 Å². The van der Waals surface area contributed by atoms with Crippen LogP contribution in [-0.2, 0) is 11.3 Å². The standard InChI is InChI=1S/C24H20N2O2/c1-25(17-18-10-4-2-5-11-18)24(28)23(27)22-21(19-12-6-3-7-13-19)16-20-14-8-9-15-26(20)22/h2-16H,17H2,1H3. The van der Waals surface area contributed by atoms with Crippen LogP contribution in [0, 0.1) is 0 Å². The summed E-state index contributed by atoms with van der Waals surface area (Å²) in [4.78, 5) is 27.6. The predicted octanol–water partition coefficient (Wildman–Crippen LogP) is 4.45. The first kappa shape index (κ1) is 17.7. The smallest absolute Gasteiger partial charge is 0.296 e. The maximum Gasteiger partial charge on any atom is 0.296 e. The van der Waals surface area contributed by atoms with Gasteiger partial charge in [-0.05, 0) is 29.3 Å². The highest BCUT2D eigenvalue weighted by Gasteiger charge is 2.27. The molecule has 0 atom stereocenters. The summed E-state index contributed by atoms with van der Waals surface area (Å²) in [6.45, 7) is 0.384. The number of hydrogen-bond acceptors (Lipinski definition) is 2. The third-order valence-electron chi connectivity index (χ3n) is 4.78. The van der Waals surface area contributed by atoms with Crippen LogP contribution in [0.5, 0.6) is 0 Å². The molecule has 0 spiro atoms. The molecule has 1 amide bonds. The summed E-state index contributed by atoms with van der Waals surface area (Å²) in [6, 6.07) is 27.0. The van der Waals surface area contributed by atoms with Crippen molar-refractivity contribution in [1.29, 1.82) is 0 Å². The summed E-state index contributed by atoms with van der Waals surface area (Å²) in [6.07, 6.45) is 1.82. The van der Waals surface area contributed by atoms with E-state index in [1.165, 1.54) is 4.90 Å². The summed E-state index contributed by atoms with van der Waals surface area (Å²) in [7, 11) is 1.66. The van der Waals surface area contributed by atoms with Gasteiger partial charge >= 0.3 is 0 Å². The van der Waals surface area contributed by atoms with Crippen LogP contribution in [0.3, 0.4) is 0 Å². The van der Waals surface area contributed by atoms with Gasteiger partial charge in [0.05, 0.1) is 0 Å². The number of pyridine rings is 1. The Bertz CT molecular complexity index is 1130. The Morgan fingerprint density at radius 3 is 2.21 bits per heavy atom. The fourth-order valence-corrected chi connectivity index (χ4v) is 3.40. The van der Waals surface area contributed by atoms with Crippen LogP contribution in [0.2, 0.25) is 0 Å². The topological polar surface area (TPSA) is 41.8 Å². The highest BCUT2D eigenvalue weighted by atomic mass is 16.2. The second kappa shape index (κ2) is 7.53. The maximum atomic E-state index is 13.2. The minimum absolute atomic E-state index is 0.384. The van der Waals surface area contributed by atoms with E-state index in [0.717, 1.165) is 22.2 Å². The van der Waals surface area contributed by atoms with Crippen molar-refractivity contribution in [3.05, 3.63) is 102 Å². The first-order valence-electron chi connectivity index (χ1n) is 9.14. The molecule has 0 unspecified atom stereocenters. The second-order valence-corrected chi connectivity index (χ2v) is 6.74. The zero-order chi connectivity index (χ0) is 19.5. The number of fused-ring (bicyclic) bond motifs is 1. The van der Waals surface area contributed by atoms with Gasteiger partial charge in [-0.2, -0.15) is 0 Å². The quantitative estimate of drug-likeness (QED) is 0.386. The van der Waals surface area contributed by atoms with Gasteiger partial charge in [0.2, 0.25) is 0 Å². The molecule has 138 valence electrons. The summed E-state index contributed by atoms with van der Waals surface area (Å²) in [5.41, 5.74) is 3.93. The molecule has 0 bridgehead atoms. The average molecular weight is 368 g/mol. The van der Waals surface area contributed by atoms with Crippen LogP contribution >= 0.6 is 0 Å². The molecule has 0 fully saturated rings. The van der Waals surface area contributed by atoms with Crippen molar-refractivity contribution >= 4 is 17.2 Å². The summed E-state index contributed by atoms with van der Waals surface area (Å²) in [5, 5.41) is 0. The SMILES string of the molecule is CN(Cc1ccccc1)C(=O)C(=O)c1c(-c2ccccc2)cc2ccccn12. The van der Waals surface area contributed by atoms with E-state index in [-0.39, 0.29) is 0 Å². The van der Waals surface area contributed by atoms with Crippen LogP contribution in [0.15, 0.2) is 91.1 Å². The number of Topliss-reactive ketones (excluding diaryl/α,β-unsaturated/α-hetero) is 1. The van der Waals surface area contributed by atoms with E-state index in [4.69, 9.17) is 0 Å². The number of nitrogens with zero attached hydrogens (tertiary/aromatic N) is 2. The normalized spacial score (nSPS) is 10.8. The van der Waals surface area contributed by atoms with E-state index in [2.05, 4.69) is 0 Å². The van der Waals surface area contributed by atoms with Crippen molar-refractivity contribution in [1.82, 2.24) is 9.30 Å². The Morgan fingerprint density at radius 1 is 0.857 bits per heavy atom. The molecule has 4 nitrogen and oxygen atoms in total. The number of rotatable bonds is 5. The molecule has 0 aliphatic carbocycles. The Balaban J connectivity index is 1.73. The molecule has 28 heavy (non-hydrogen) atoms. The van der Waals surface area contributed by atoms with E-state index < -0.39 is 11.7 Å². The molecule has 0 saturated carbocycles. The Hall–Kier alpha value is -3.66. The average Bonchev–Trinajstić information content (AvgIpc) is 3.13. The van der Waals surface area contributed by atoms with Gasteiger partial charge in [-0.15, -0.1) is 0 Å². The van der Waals surface area contributed by atoms with Gasteiger partial charge in [-0.3, -0.25) is 9.59 Å². The van der Waals surface area contributed by atoms with Crippen LogP contribution in [0.1, 0.15) is 16.1 Å². The molecule has 4 rings (SSSR count). The molecule has 4 aromatic rings. The van der Waals surface area contributed by atoms with Gasteiger partial charge in [0.15, 0.2) is 0 Å². The van der Waals surface area contributed by atoms with Gasteiger partial charge in [-0.1, -0.05) is 66.7 Å². The molecule has 2 heterocycles. The molecule has 0 N–H and O–H groups in total. The van der Waals surface area contributed by atoms with Gasteiger partial charge in [-0.25, -0.2) is 0 Å². The highest BCUT2D eigenvalue weighted by molar-refractivity contribution is 6.43. The second-order valence-electron chi connectivity index (χ2n) is 6.74. The Kier molecular flexibility index (Phi) is 4.77. The number of aromatic nitrogens is 1. The number of benzene rings is 2. The van der Waals surface area contributed by atoms with Crippen LogP contribution in [-0.4, -0.2) is 28.0 Å². The van der Waals surface area contributed by atoms with Crippen molar-refractivity contribution in [2.45, 2.75) is 6.54 Å². The van der Waals surface area contributed by atoms with Crippen molar-refractivity contribution in [2.24, 2.45) is 0 Å². The number of likely N-dealkylation sites (N-methyl/N-ethyl adjacent to an activating group) is 1. The molecule has 0 saturated heterocycles. The monoisotopic (exact) mass is 368 g/mol. The van der Waals surface area contributed by atoms with Crippen molar-refractivity contribution in [3.63, 3.8) is 0 Å². The van der Waals surface area contributed by atoms with Gasteiger partial charge < -0.3 is 9.30 Å². The minimum atomic E-state index is -0.523. The number of carbonyl (C=O) groups is 2. The molecule has 4 heteroatoms. The van der Waals surface area contributed by atoms with E-state index >= 15 is 0 Å². The van der Waals surface area contributed by atoms with Crippen molar-refractivity contribution < 1.29 is 9.59 Å². The van der Waals surface area contributed by atoms with Gasteiger partial charge in [0.25, 0.3) is 11.7 Å². The lowest BCUT2D eigenvalue weighted by Gasteiger charge is -2.17. The van der Waals surface area contributed by atoms with Crippen molar-refractivity contribution in [3.8, 4) is 11.1 Å². The lowest BCUT2D eigenvalue weighted by atomic mass is 10.0. The zero-order valence-corrected chi connectivity index (χ0v) is 15.6. The van der Waals surface area contributed by atoms with E-state index in [0.29, 0.717) is 12.2 Å². The molecule has 0 aliphatic heterocycles. The molecular weight excluding hydrogens is 348 g/mol. The number of ketones is 1. The summed E-state index contributed by atoms with van der Waals surface area (Å²) < 4.78 is 1.79. The van der Waals surface area contributed by atoms with Gasteiger partial charge in [0.1, 0.15) is 5.69 Å². The number of carbonyl (C=O) groups excluding carboxylic acids is 2. The minimum Gasteiger partial charge on any atom is -0.334 e. The molecule has 0 aliphatic rings. The molecule has 2 aromatic carbocycles. The predicted molar refractivity (Wildman–Crippen MR) is 110 cm³/mol. The fourth-order valence-electron chi connectivity index (χ4n) is 3.40. The summed E-state index contributed by atoms with van der Waals surface area (Å²) in [5.74, 6) is -1.03. The Labute approximate surface area is 163 Å². The molecule has 0 radical (unpaired) electrons. The zero-order valence-electron chi connectivity index (χ0n) is 15.6. The largest absolute Gasteiger partial charge is 0.334 e. The van der Waals surface area contributed by atoms with Gasteiger partial charge in [0, 0.05) is 30.9 Å². The Morgan fingerprint density at radius 2 is 1.50 bits per heavy atom. The first-order valence-corrected chi connectivity index (χ1v) is 9.14. The van der Waals surface area contributed by atoms with Crippen LogP contribution in [0.4, 0.5) is 0 Å². The highest BCUT2D eigenvalue weighted by Crippen LogP contribution is 2.28.